The molecular weight excluding hydrogens is 124 g/mol. The van der Waals surface area contributed by atoms with Crippen LogP contribution in [0.2, 0.25) is 6.04 Å². The van der Waals surface area contributed by atoms with E-state index in [2.05, 4.69) is 17.2 Å². The fourth-order valence-electron chi connectivity index (χ4n) is 0.957. The van der Waals surface area contributed by atoms with Crippen LogP contribution >= 0.6 is 0 Å². The van der Waals surface area contributed by atoms with Crippen molar-refractivity contribution in [2.24, 2.45) is 0 Å². The van der Waals surface area contributed by atoms with Gasteiger partial charge in [-0.3, -0.25) is 10.2 Å². The van der Waals surface area contributed by atoms with Gasteiger partial charge in [0.25, 0.3) is 0 Å². The first-order valence-electron chi connectivity index (χ1n) is 4.21. The van der Waals surface area contributed by atoms with Gasteiger partial charge in [-0.1, -0.05) is 45.4 Å². The van der Waals surface area contributed by atoms with Crippen molar-refractivity contribution in [3.63, 3.8) is 0 Å². The molecule has 0 N–H and O–H groups in total. The summed E-state index contributed by atoms with van der Waals surface area (Å²) in [5, 5.41) is 0. The molecule has 0 amide bonds. The Balaban J connectivity index is 2.60. The summed E-state index contributed by atoms with van der Waals surface area (Å²) in [5.74, 6) is 0. The molecule has 0 radical (unpaired) electrons. The van der Waals surface area contributed by atoms with Gasteiger partial charge >= 0.3 is 0 Å². The molecule has 0 saturated heterocycles. The van der Waals surface area contributed by atoms with Crippen LogP contribution in [0, 0.1) is 0 Å². The zero-order valence-electron chi connectivity index (χ0n) is 6.66. The molecule has 0 aliphatic rings. The molecule has 0 fully saturated rings. The fraction of sp³-hybridized carbons (Fsp3) is 1.00. The summed E-state index contributed by atoms with van der Waals surface area (Å²) in [7, 11) is 2.09. The highest BCUT2D eigenvalue weighted by Crippen LogP contribution is 2.05. The van der Waals surface area contributed by atoms with E-state index in [4.69, 9.17) is 0 Å². The Morgan fingerprint density at radius 3 is 2.00 bits per heavy atom. The van der Waals surface area contributed by atoms with Crippen molar-refractivity contribution >= 4 is 10.2 Å². The van der Waals surface area contributed by atoms with E-state index in [1.807, 2.05) is 0 Å². The summed E-state index contributed by atoms with van der Waals surface area (Å²) in [6.07, 6.45) is 8.64. The summed E-state index contributed by atoms with van der Waals surface area (Å²) in [5.41, 5.74) is 0. The maximum Gasteiger partial charge on any atom is -0.0533 e. The lowest BCUT2D eigenvalue weighted by molar-refractivity contribution is 0.624. The zero-order valence-corrected chi connectivity index (χ0v) is 8.07. The van der Waals surface area contributed by atoms with Gasteiger partial charge < -0.3 is 0 Å². The normalized spacial score (nSPS) is 10.0. The Kier molecular flexibility index (Phi) is 8.41. The molecule has 0 heterocycles. The Hall–Kier alpha value is 0.217. The first-order chi connectivity index (χ1) is 4.41. The third-order valence-electron chi connectivity index (χ3n) is 1.60. The Labute approximate surface area is 62.5 Å². The van der Waals surface area contributed by atoms with Crippen molar-refractivity contribution < 1.29 is 0 Å². The molecule has 0 atom stereocenters. The van der Waals surface area contributed by atoms with Gasteiger partial charge in [0, 0.05) is 0 Å². The number of hydrogen-bond acceptors (Lipinski definition) is 0. The fourth-order valence-corrected chi connectivity index (χ4v) is 1.31. The lowest BCUT2D eigenvalue weighted by Gasteiger charge is -1.98. The van der Waals surface area contributed by atoms with Crippen molar-refractivity contribution in [2.75, 3.05) is 0 Å². The molecule has 0 unspecified atom stereocenters. The Bertz CT molecular complexity index is 37.8. The summed E-state index contributed by atoms with van der Waals surface area (Å²) >= 11 is 0. The second-order valence-electron chi connectivity index (χ2n) is 2.62. The van der Waals surface area contributed by atoms with Crippen LogP contribution in [0.1, 0.15) is 45.4 Å². The second-order valence-corrected chi connectivity index (χ2v) is 3.33. The smallest absolute Gasteiger partial charge is 0.0533 e. The monoisotopic (exact) mass is 143 g/mol. The van der Waals surface area contributed by atoms with Gasteiger partial charge in [-0.2, -0.15) is 6.04 Å². The Morgan fingerprint density at radius 2 is 1.44 bits per heavy atom. The molecule has 0 aromatic heterocycles. The molecule has 0 bridgehead atoms. The van der Waals surface area contributed by atoms with Gasteiger partial charge in [-0.05, 0) is 0 Å². The van der Waals surface area contributed by atoms with Gasteiger partial charge in [0.15, 0.2) is 0 Å². The van der Waals surface area contributed by atoms with E-state index < -0.39 is 0 Å². The molecule has 9 heavy (non-hydrogen) atoms. The standard InChI is InChI=1S/C8H19Si/c1-2-3-4-5-6-7-8-9/h2-9H2,1H3/q-1. The van der Waals surface area contributed by atoms with Gasteiger partial charge in [0.1, 0.15) is 0 Å². The minimum atomic E-state index is 1.37. The summed E-state index contributed by atoms with van der Waals surface area (Å²) in [4.78, 5) is 0. The highest BCUT2D eigenvalue weighted by molar-refractivity contribution is 6.08. The van der Waals surface area contributed by atoms with Crippen molar-refractivity contribution in [1.29, 1.82) is 0 Å². The lowest BCUT2D eigenvalue weighted by atomic mass is 10.1. The molecule has 0 spiro atoms. The second kappa shape index (κ2) is 8.22. The van der Waals surface area contributed by atoms with Crippen LogP contribution in [-0.4, -0.2) is 10.2 Å². The van der Waals surface area contributed by atoms with Crippen LogP contribution in [0.15, 0.2) is 0 Å². The molecule has 0 aliphatic carbocycles. The first-order valence-corrected chi connectivity index (χ1v) is 5.21. The SMILES string of the molecule is CCCCCCCC[SiH2-]. The summed E-state index contributed by atoms with van der Waals surface area (Å²) < 4.78 is 0. The minimum absolute atomic E-state index is 1.37. The third kappa shape index (κ3) is 8.22. The topological polar surface area (TPSA) is 0 Å². The van der Waals surface area contributed by atoms with Crippen molar-refractivity contribution in [1.82, 2.24) is 0 Å². The van der Waals surface area contributed by atoms with E-state index in [9.17, 15) is 0 Å². The van der Waals surface area contributed by atoms with Crippen LogP contribution in [0.4, 0.5) is 0 Å². The van der Waals surface area contributed by atoms with E-state index >= 15 is 0 Å². The van der Waals surface area contributed by atoms with E-state index in [0.29, 0.717) is 0 Å². The van der Waals surface area contributed by atoms with E-state index in [0.717, 1.165) is 0 Å². The first kappa shape index (κ1) is 9.22. The molecule has 0 aliphatic heterocycles. The Morgan fingerprint density at radius 1 is 0.889 bits per heavy atom. The number of hydrogen-bond donors (Lipinski definition) is 0. The summed E-state index contributed by atoms with van der Waals surface area (Å²) in [6.45, 7) is 2.27. The molecule has 0 saturated carbocycles. The maximum absolute atomic E-state index is 2.27. The largest absolute Gasteiger partial charge is 0.296 e. The quantitative estimate of drug-likeness (QED) is 0.396. The van der Waals surface area contributed by atoms with Crippen LogP contribution in [0.3, 0.4) is 0 Å². The number of rotatable bonds is 6. The molecule has 0 nitrogen and oxygen atoms in total. The highest BCUT2D eigenvalue weighted by atomic mass is 28.1. The van der Waals surface area contributed by atoms with Gasteiger partial charge in [0.2, 0.25) is 0 Å². The lowest BCUT2D eigenvalue weighted by Crippen LogP contribution is -1.77. The average molecular weight is 143 g/mol. The van der Waals surface area contributed by atoms with E-state index in [-0.39, 0.29) is 0 Å². The van der Waals surface area contributed by atoms with Crippen LogP contribution < -0.4 is 0 Å². The summed E-state index contributed by atoms with van der Waals surface area (Å²) in [6, 6.07) is 1.39. The van der Waals surface area contributed by atoms with E-state index in [1.54, 1.807) is 0 Å². The highest BCUT2D eigenvalue weighted by Gasteiger charge is 1.84. The average Bonchev–Trinajstić information content (AvgIpc) is 1.89. The molecule has 0 aromatic carbocycles. The van der Waals surface area contributed by atoms with Crippen LogP contribution in [0.25, 0.3) is 0 Å². The molecule has 0 rings (SSSR count). The molecular formula is C8H19Si-. The third-order valence-corrected chi connectivity index (χ3v) is 2.10. The van der Waals surface area contributed by atoms with Crippen LogP contribution in [-0.2, 0) is 0 Å². The molecule has 1 heteroatoms. The minimum Gasteiger partial charge on any atom is -0.296 e. The maximum atomic E-state index is 2.27. The zero-order chi connectivity index (χ0) is 6.95. The van der Waals surface area contributed by atoms with Crippen molar-refractivity contribution in [2.45, 2.75) is 51.5 Å². The molecule has 0 aromatic rings. The van der Waals surface area contributed by atoms with Crippen LogP contribution in [0.5, 0.6) is 0 Å². The van der Waals surface area contributed by atoms with Gasteiger partial charge in [-0.15, -0.1) is 0 Å². The van der Waals surface area contributed by atoms with Gasteiger partial charge in [0.05, 0.1) is 0 Å². The number of unbranched alkanes of at least 4 members (excludes halogenated alkanes) is 5. The predicted molar refractivity (Wildman–Crippen MR) is 46.7 cm³/mol. The van der Waals surface area contributed by atoms with Crippen molar-refractivity contribution in [3.05, 3.63) is 0 Å². The van der Waals surface area contributed by atoms with Crippen molar-refractivity contribution in [3.8, 4) is 0 Å². The predicted octanol–water partition coefficient (Wildman–Crippen LogP) is 2.40. The van der Waals surface area contributed by atoms with E-state index in [1.165, 1.54) is 44.6 Å². The van der Waals surface area contributed by atoms with Gasteiger partial charge in [-0.25, -0.2) is 0 Å². The molecule has 56 valence electrons.